The van der Waals surface area contributed by atoms with Gasteiger partial charge in [0.05, 0.1) is 0 Å². The predicted octanol–water partition coefficient (Wildman–Crippen LogP) is 5.00. The number of nitrogens with zero attached hydrogens (tertiary/aromatic N) is 2. The van der Waals surface area contributed by atoms with Crippen LogP contribution < -0.4 is 5.32 Å². The molecule has 6 nitrogen and oxygen atoms in total. The topological polar surface area (TPSA) is 72.9 Å². The second-order valence-corrected chi connectivity index (χ2v) is 12.4. The summed E-state index contributed by atoms with van der Waals surface area (Å²) in [5.74, 6) is 0.379. The van der Waals surface area contributed by atoms with E-state index in [0.29, 0.717) is 51.0 Å². The molecule has 2 aliphatic carbocycles. The molecular weight excluding hydrogens is 462 g/mol. The standard InChI is InChI=1S/C31H47N3O3/c1-24-10-15-27(30(32-24)16-8-6-4-2-3-5-7-9-17-30)25-11-13-26(14-12-25)28(35)33-20-22-34(23-21-33)29(36)31(37)18-19-31/h11-14,24,27,32,37H,2-10,15-23H2,1H3. The van der Waals surface area contributed by atoms with Gasteiger partial charge in [0.15, 0.2) is 0 Å². The summed E-state index contributed by atoms with van der Waals surface area (Å²) in [5.41, 5.74) is 1.15. The molecule has 2 heterocycles. The first-order valence-corrected chi connectivity index (χ1v) is 15.1. The van der Waals surface area contributed by atoms with Crippen LogP contribution in [0.3, 0.4) is 0 Å². The maximum atomic E-state index is 13.3. The van der Waals surface area contributed by atoms with Crippen molar-refractivity contribution in [1.29, 1.82) is 0 Å². The summed E-state index contributed by atoms with van der Waals surface area (Å²) in [7, 11) is 0. The van der Waals surface area contributed by atoms with Crippen molar-refractivity contribution in [2.75, 3.05) is 26.2 Å². The Balaban J connectivity index is 1.25. The molecule has 2 saturated heterocycles. The van der Waals surface area contributed by atoms with Crippen LogP contribution in [0.4, 0.5) is 0 Å². The van der Waals surface area contributed by atoms with Gasteiger partial charge in [-0.25, -0.2) is 0 Å². The maximum Gasteiger partial charge on any atom is 0.254 e. The van der Waals surface area contributed by atoms with Gasteiger partial charge in [-0.05, 0) is 63.1 Å². The summed E-state index contributed by atoms with van der Waals surface area (Å²) >= 11 is 0. The van der Waals surface area contributed by atoms with Crippen LogP contribution in [-0.4, -0.2) is 70.1 Å². The number of nitrogens with one attached hydrogen (secondary N) is 1. The Morgan fingerprint density at radius 2 is 1.32 bits per heavy atom. The highest BCUT2D eigenvalue weighted by Crippen LogP contribution is 2.44. The molecule has 37 heavy (non-hydrogen) atoms. The lowest BCUT2D eigenvalue weighted by Crippen LogP contribution is -2.57. The molecule has 2 N–H and O–H groups in total. The molecule has 0 bridgehead atoms. The van der Waals surface area contributed by atoms with Gasteiger partial charge >= 0.3 is 0 Å². The fourth-order valence-corrected chi connectivity index (χ4v) is 7.18. The van der Waals surface area contributed by atoms with E-state index in [1.165, 1.54) is 82.6 Å². The van der Waals surface area contributed by atoms with Crippen LogP contribution in [-0.2, 0) is 4.79 Å². The van der Waals surface area contributed by atoms with E-state index < -0.39 is 5.60 Å². The Bertz CT molecular complexity index is 922. The fraction of sp³-hybridized carbons (Fsp3) is 0.742. The first-order valence-electron chi connectivity index (χ1n) is 15.1. The van der Waals surface area contributed by atoms with E-state index in [1.54, 1.807) is 4.90 Å². The Labute approximate surface area is 223 Å². The molecule has 1 spiro atoms. The van der Waals surface area contributed by atoms with Gasteiger partial charge < -0.3 is 20.2 Å². The number of amides is 2. The molecule has 204 valence electrons. The minimum atomic E-state index is -1.13. The van der Waals surface area contributed by atoms with Crippen molar-refractivity contribution in [2.24, 2.45) is 0 Å². The lowest BCUT2D eigenvalue weighted by molar-refractivity contribution is -0.143. The van der Waals surface area contributed by atoms with Crippen molar-refractivity contribution >= 4 is 11.8 Å². The third-order valence-electron chi connectivity index (χ3n) is 9.62. The molecule has 2 unspecified atom stereocenters. The second kappa shape index (κ2) is 11.4. The van der Waals surface area contributed by atoms with Gasteiger partial charge in [0, 0.05) is 49.2 Å². The molecule has 1 aromatic carbocycles. The molecule has 2 saturated carbocycles. The number of carbonyl (C=O) groups excluding carboxylic acids is 2. The molecule has 1 aromatic rings. The first-order chi connectivity index (χ1) is 17.9. The third-order valence-corrected chi connectivity index (χ3v) is 9.62. The molecule has 6 heteroatoms. The molecule has 0 radical (unpaired) electrons. The summed E-state index contributed by atoms with van der Waals surface area (Å²) < 4.78 is 0. The first kappa shape index (κ1) is 26.7. The van der Waals surface area contributed by atoms with Crippen LogP contribution in [0.25, 0.3) is 0 Å². The summed E-state index contributed by atoms with van der Waals surface area (Å²) in [6, 6.07) is 9.04. The van der Waals surface area contributed by atoms with Gasteiger partial charge in [-0.3, -0.25) is 9.59 Å². The van der Waals surface area contributed by atoms with Crippen LogP contribution in [0.2, 0.25) is 0 Å². The summed E-state index contributed by atoms with van der Waals surface area (Å²) in [4.78, 5) is 29.3. The van der Waals surface area contributed by atoms with Gasteiger partial charge in [0.25, 0.3) is 11.8 Å². The molecule has 0 aromatic heterocycles. The number of benzene rings is 1. The second-order valence-electron chi connectivity index (χ2n) is 12.4. The van der Waals surface area contributed by atoms with E-state index in [4.69, 9.17) is 0 Å². The monoisotopic (exact) mass is 509 g/mol. The molecule has 5 rings (SSSR count). The molecule has 4 aliphatic rings. The van der Waals surface area contributed by atoms with Crippen molar-refractivity contribution in [2.45, 2.75) is 120 Å². The maximum absolute atomic E-state index is 13.3. The summed E-state index contributed by atoms with van der Waals surface area (Å²) in [5, 5.41) is 14.2. The smallest absolute Gasteiger partial charge is 0.254 e. The van der Waals surface area contributed by atoms with Gasteiger partial charge in [-0.15, -0.1) is 0 Å². The molecule has 4 fully saturated rings. The van der Waals surface area contributed by atoms with Gasteiger partial charge in [0.2, 0.25) is 0 Å². The average molecular weight is 510 g/mol. The zero-order valence-corrected chi connectivity index (χ0v) is 22.9. The summed E-state index contributed by atoms with van der Waals surface area (Å²) in [6.45, 7) is 4.40. The molecule has 2 amide bonds. The predicted molar refractivity (Wildman–Crippen MR) is 147 cm³/mol. The van der Waals surface area contributed by atoms with Crippen molar-refractivity contribution < 1.29 is 14.7 Å². The van der Waals surface area contributed by atoms with E-state index in [0.717, 1.165) is 5.56 Å². The number of hydrogen-bond donors (Lipinski definition) is 2. The van der Waals surface area contributed by atoms with Crippen molar-refractivity contribution in [3.63, 3.8) is 0 Å². The highest BCUT2D eigenvalue weighted by Gasteiger charge is 2.50. The third kappa shape index (κ3) is 6.06. The van der Waals surface area contributed by atoms with Crippen LogP contribution in [0, 0.1) is 0 Å². The fourth-order valence-electron chi connectivity index (χ4n) is 7.18. The van der Waals surface area contributed by atoms with Crippen LogP contribution >= 0.6 is 0 Å². The van der Waals surface area contributed by atoms with Gasteiger partial charge in [-0.1, -0.05) is 63.5 Å². The quantitative estimate of drug-likeness (QED) is 0.601. The Morgan fingerprint density at radius 1 is 0.784 bits per heavy atom. The van der Waals surface area contributed by atoms with E-state index in [1.807, 2.05) is 17.0 Å². The average Bonchev–Trinajstić information content (AvgIpc) is 3.68. The highest BCUT2D eigenvalue weighted by atomic mass is 16.3. The zero-order valence-electron chi connectivity index (χ0n) is 22.9. The van der Waals surface area contributed by atoms with E-state index >= 15 is 0 Å². The number of aliphatic hydroxyl groups is 1. The van der Waals surface area contributed by atoms with Crippen LogP contribution in [0.5, 0.6) is 0 Å². The van der Waals surface area contributed by atoms with Crippen LogP contribution in [0.1, 0.15) is 119 Å². The molecular formula is C31H47N3O3. The van der Waals surface area contributed by atoms with Gasteiger partial charge in [0.1, 0.15) is 5.60 Å². The highest BCUT2D eigenvalue weighted by molar-refractivity contribution is 5.94. The van der Waals surface area contributed by atoms with E-state index in [-0.39, 0.29) is 17.4 Å². The summed E-state index contributed by atoms with van der Waals surface area (Å²) in [6.07, 6.45) is 16.9. The zero-order chi connectivity index (χ0) is 25.9. The SMILES string of the molecule is CC1CCC(c2ccc(C(=O)N3CCN(C(=O)C4(O)CC4)CC3)cc2)C2(CCCCCCCCCC2)N1. The lowest BCUT2D eigenvalue weighted by Gasteiger charge is -2.49. The Morgan fingerprint density at radius 3 is 1.89 bits per heavy atom. The largest absolute Gasteiger partial charge is 0.380 e. The number of rotatable bonds is 3. The number of hydrogen-bond acceptors (Lipinski definition) is 4. The Kier molecular flexibility index (Phi) is 8.25. The number of piperidine rings is 1. The van der Waals surface area contributed by atoms with Crippen LogP contribution in [0.15, 0.2) is 24.3 Å². The van der Waals surface area contributed by atoms with Crippen molar-refractivity contribution in [3.8, 4) is 0 Å². The lowest BCUT2D eigenvalue weighted by atomic mass is 9.67. The minimum Gasteiger partial charge on any atom is -0.380 e. The van der Waals surface area contributed by atoms with Crippen molar-refractivity contribution in [3.05, 3.63) is 35.4 Å². The van der Waals surface area contributed by atoms with E-state index in [2.05, 4.69) is 24.4 Å². The minimum absolute atomic E-state index is 0.0452. The number of carbonyl (C=O) groups is 2. The number of piperazine rings is 1. The van der Waals surface area contributed by atoms with E-state index in [9.17, 15) is 14.7 Å². The normalized spacial score (nSPS) is 28.4. The molecule has 2 aliphatic heterocycles. The van der Waals surface area contributed by atoms with Gasteiger partial charge in [-0.2, -0.15) is 0 Å². The Hall–Kier alpha value is -1.92. The molecule has 2 atom stereocenters. The van der Waals surface area contributed by atoms with Crippen molar-refractivity contribution in [1.82, 2.24) is 15.1 Å².